The fourth-order valence-corrected chi connectivity index (χ4v) is 2.64. The Kier molecular flexibility index (Phi) is 6.23. The van der Waals surface area contributed by atoms with Crippen LogP contribution < -0.4 is 20.9 Å². The van der Waals surface area contributed by atoms with E-state index in [1.165, 1.54) is 23.0 Å². The minimum Gasteiger partial charge on any atom is -0.490 e. The van der Waals surface area contributed by atoms with Crippen LogP contribution in [0.1, 0.15) is 22.8 Å². The minimum absolute atomic E-state index is 0.254. The van der Waals surface area contributed by atoms with Gasteiger partial charge in [0, 0.05) is 24.8 Å². The molecule has 0 spiro atoms. The molecule has 1 amide bonds. The van der Waals surface area contributed by atoms with Crippen molar-refractivity contribution in [3.05, 3.63) is 82.0 Å². The van der Waals surface area contributed by atoms with Crippen LogP contribution in [0.15, 0.2) is 59.5 Å². The molecule has 0 unspecified atom stereocenters. The molecule has 1 heterocycles. The molecule has 0 saturated heterocycles. The van der Waals surface area contributed by atoms with Crippen molar-refractivity contribution in [2.75, 3.05) is 11.9 Å². The van der Waals surface area contributed by atoms with Gasteiger partial charge >= 0.3 is 0 Å². The zero-order chi connectivity index (χ0) is 20.8. The highest BCUT2D eigenvalue weighted by Crippen LogP contribution is 2.23. The fourth-order valence-electron chi connectivity index (χ4n) is 2.64. The van der Waals surface area contributed by atoms with Gasteiger partial charge in [-0.25, -0.2) is 9.07 Å². The molecule has 2 N–H and O–H groups in total. The number of aryl methyl sites for hydroxylation is 1. The van der Waals surface area contributed by atoms with Gasteiger partial charge in [0.15, 0.2) is 11.4 Å². The molecule has 0 saturated carbocycles. The lowest BCUT2D eigenvalue weighted by Gasteiger charge is -2.12. The minimum atomic E-state index is -0.322. The topological polar surface area (TPSA) is 85.2 Å². The summed E-state index contributed by atoms with van der Waals surface area (Å²) in [5, 5.41) is 9.77. The Morgan fingerprint density at radius 3 is 2.48 bits per heavy atom. The van der Waals surface area contributed by atoms with E-state index in [9.17, 15) is 14.0 Å². The second-order valence-corrected chi connectivity index (χ2v) is 6.26. The number of carbonyl (C=O) groups excluding carboxylic acids is 1. The third-order valence-electron chi connectivity index (χ3n) is 4.18. The van der Waals surface area contributed by atoms with Crippen molar-refractivity contribution < 1.29 is 13.9 Å². The summed E-state index contributed by atoms with van der Waals surface area (Å²) in [4.78, 5) is 24.7. The van der Waals surface area contributed by atoms with E-state index in [0.29, 0.717) is 30.2 Å². The number of hydrogen-bond acceptors (Lipinski definition) is 5. The molecule has 0 atom stereocenters. The average Bonchev–Trinajstić information content (AvgIpc) is 2.73. The molecule has 8 heteroatoms. The van der Waals surface area contributed by atoms with E-state index in [1.807, 2.05) is 6.92 Å². The number of rotatable bonds is 7. The van der Waals surface area contributed by atoms with Crippen LogP contribution >= 0.6 is 0 Å². The normalized spacial score (nSPS) is 10.4. The van der Waals surface area contributed by atoms with E-state index in [2.05, 4.69) is 15.7 Å². The van der Waals surface area contributed by atoms with E-state index in [0.717, 1.165) is 5.56 Å². The summed E-state index contributed by atoms with van der Waals surface area (Å²) in [6.45, 7) is 2.52. The molecular formula is C21H21FN4O3. The van der Waals surface area contributed by atoms with Crippen molar-refractivity contribution in [1.29, 1.82) is 0 Å². The zero-order valence-corrected chi connectivity index (χ0v) is 16.1. The number of anilines is 2. The van der Waals surface area contributed by atoms with E-state index in [1.54, 1.807) is 43.4 Å². The van der Waals surface area contributed by atoms with Crippen LogP contribution in [0.25, 0.3) is 0 Å². The Morgan fingerprint density at radius 2 is 1.83 bits per heavy atom. The average molecular weight is 396 g/mol. The van der Waals surface area contributed by atoms with Crippen LogP contribution in [0.4, 0.5) is 15.8 Å². The highest BCUT2D eigenvalue weighted by atomic mass is 19.1. The van der Waals surface area contributed by atoms with Crippen LogP contribution in [0.5, 0.6) is 5.75 Å². The van der Waals surface area contributed by atoms with Gasteiger partial charge in [0.1, 0.15) is 5.82 Å². The third kappa shape index (κ3) is 4.98. The molecule has 7 nitrogen and oxygen atoms in total. The number of ether oxygens (including phenoxy) is 1. The molecule has 3 aromatic rings. The Labute approximate surface area is 167 Å². The maximum Gasteiger partial charge on any atom is 0.294 e. The number of aromatic nitrogens is 2. The summed E-state index contributed by atoms with van der Waals surface area (Å²) in [5.41, 5.74) is 1.85. The summed E-state index contributed by atoms with van der Waals surface area (Å²) >= 11 is 0. The first kappa shape index (κ1) is 20.1. The molecule has 3 rings (SSSR count). The lowest BCUT2D eigenvalue weighted by molar-refractivity contribution is 0.0951. The van der Waals surface area contributed by atoms with Crippen LogP contribution in [-0.4, -0.2) is 22.3 Å². The van der Waals surface area contributed by atoms with Crippen LogP contribution in [0, 0.1) is 5.82 Å². The van der Waals surface area contributed by atoms with Crippen molar-refractivity contribution in [1.82, 2.24) is 15.1 Å². The fraction of sp³-hybridized carbons (Fsp3) is 0.190. The molecule has 0 aliphatic heterocycles. The van der Waals surface area contributed by atoms with Gasteiger partial charge in [0.2, 0.25) is 0 Å². The monoisotopic (exact) mass is 396 g/mol. The number of benzene rings is 2. The summed E-state index contributed by atoms with van der Waals surface area (Å²) < 4.78 is 19.6. The smallest absolute Gasteiger partial charge is 0.294 e. The van der Waals surface area contributed by atoms with E-state index >= 15 is 0 Å². The van der Waals surface area contributed by atoms with Gasteiger partial charge < -0.3 is 15.4 Å². The molecule has 0 aliphatic rings. The van der Waals surface area contributed by atoms with Gasteiger partial charge in [0.05, 0.1) is 12.8 Å². The second kappa shape index (κ2) is 9.01. The highest BCUT2D eigenvalue weighted by Gasteiger charge is 2.12. The first-order valence-electron chi connectivity index (χ1n) is 9.06. The zero-order valence-electron chi connectivity index (χ0n) is 16.1. The Bertz CT molecular complexity index is 1050. The van der Waals surface area contributed by atoms with Gasteiger partial charge in [-0.15, -0.1) is 0 Å². The first-order chi connectivity index (χ1) is 14.0. The summed E-state index contributed by atoms with van der Waals surface area (Å²) in [5.74, 6) is -0.216. The van der Waals surface area contributed by atoms with Crippen molar-refractivity contribution in [2.24, 2.45) is 7.05 Å². The highest BCUT2D eigenvalue weighted by molar-refractivity contribution is 5.94. The van der Waals surface area contributed by atoms with Gasteiger partial charge in [-0.1, -0.05) is 12.1 Å². The van der Waals surface area contributed by atoms with Crippen molar-refractivity contribution in [3.8, 4) is 5.75 Å². The Hall–Kier alpha value is -3.68. The maximum absolute atomic E-state index is 12.9. The van der Waals surface area contributed by atoms with Gasteiger partial charge in [0.25, 0.3) is 11.5 Å². The molecule has 1 aromatic heterocycles. The number of halogens is 1. The molecule has 0 bridgehead atoms. The number of amides is 1. The summed E-state index contributed by atoms with van der Waals surface area (Å²) in [7, 11) is 1.55. The quantitative estimate of drug-likeness (QED) is 0.641. The van der Waals surface area contributed by atoms with Crippen LogP contribution in [0.3, 0.4) is 0 Å². The summed E-state index contributed by atoms with van der Waals surface area (Å²) in [6, 6.07) is 12.6. The molecule has 0 radical (unpaired) electrons. The van der Waals surface area contributed by atoms with E-state index in [4.69, 9.17) is 4.74 Å². The second-order valence-electron chi connectivity index (χ2n) is 6.26. The lowest BCUT2D eigenvalue weighted by Crippen LogP contribution is -2.23. The number of nitrogens with one attached hydrogen (secondary N) is 2. The molecular weight excluding hydrogens is 375 g/mol. The van der Waals surface area contributed by atoms with Gasteiger partial charge in [-0.2, -0.15) is 5.10 Å². The van der Waals surface area contributed by atoms with Crippen molar-refractivity contribution in [2.45, 2.75) is 13.5 Å². The maximum atomic E-state index is 12.9. The van der Waals surface area contributed by atoms with Crippen LogP contribution in [-0.2, 0) is 13.6 Å². The number of carbonyl (C=O) groups is 1. The lowest BCUT2D eigenvalue weighted by atomic mass is 10.1. The predicted octanol–water partition coefficient (Wildman–Crippen LogP) is 2.99. The Balaban J connectivity index is 1.69. The first-order valence-corrected chi connectivity index (χ1v) is 9.06. The number of nitrogens with zero attached hydrogens (tertiary/aromatic N) is 2. The van der Waals surface area contributed by atoms with Crippen molar-refractivity contribution >= 4 is 17.3 Å². The summed E-state index contributed by atoms with van der Waals surface area (Å²) in [6.07, 6.45) is 1.48. The SMILES string of the molecule is CCOc1cnn(C)c(=O)c1Nc1ccc(C(=O)NCc2ccc(F)cc2)cc1. The third-order valence-corrected chi connectivity index (χ3v) is 4.18. The van der Waals surface area contributed by atoms with Gasteiger partial charge in [-0.05, 0) is 48.9 Å². The molecule has 150 valence electrons. The van der Waals surface area contributed by atoms with E-state index in [-0.39, 0.29) is 23.0 Å². The molecule has 0 aliphatic carbocycles. The molecule has 2 aromatic carbocycles. The Morgan fingerprint density at radius 1 is 1.14 bits per heavy atom. The van der Waals surface area contributed by atoms with Crippen LogP contribution in [0.2, 0.25) is 0 Å². The molecule has 0 fully saturated rings. The molecule has 29 heavy (non-hydrogen) atoms. The standard InChI is InChI=1S/C21H21FN4O3/c1-3-29-18-13-24-26(2)21(28)19(18)25-17-10-6-15(7-11-17)20(27)23-12-14-4-8-16(22)9-5-14/h4-11,13,25H,3,12H2,1-2H3,(H,23,27). The van der Waals surface area contributed by atoms with Crippen molar-refractivity contribution in [3.63, 3.8) is 0 Å². The van der Waals surface area contributed by atoms with Gasteiger partial charge in [-0.3, -0.25) is 9.59 Å². The largest absolute Gasteiger partial charge is 0.490 e. The predicted molar refractivity (Wildman–Crippen MR) is 108 cm³/mol. The number of hydrogen-bond donors (Lipinski definition) is 2. The van der Waals surface area contributed by atoms with E-state index < -0.39 is 0 Å².